The summed E-state index contributed by atoms with van der Waals surface area (Å²) in [5.41, 5.74) is 2.04. The number of aromatic nitrogens is 2. The van der Waals surface area contributed by atoms with E-state index in [1.165, 1.54) is 12.1 Å². The lowest BCUT2D eigenvalue weighted by atomic mass is 9.81. The van der Waals surface area contributed by atoms with Crippen molar-refractivity contribution in [2.24, 2.45) is 5.41 Å². The van der Waals surface area contributed by atoms with Crippen LogP contribution in [-0.2, 0) is 6.61 Å². The van der Waals surface area contributed by atoms with Crippen LogP contribution in [0.5, 0.6) is 11.5 Å². The average molecular weight is 434 g/mol. The minimum absolute atomic E-state index is 0.0839. The van der Waals surface area contributed by atoms with E-state index in [9.17, 15) is 19.8 Å². The Morgan fingerprint density at radius 1 is 1.12 bits per heavy atom. The number of carboxylic acids is 1. The highest BCUT2D eigenvalue weighted by Gasteiger charge is 2.29. The number of rotatable bonds is 8. The Balaban J connectivity index is 1.80. The second kappa shape index (κ2) is 9.18. The standard InChI is InChI=1S/C25H26N2O5/c1-5-25(3,4)23(29)19-9-10-21(15(2)22(19)28)32-14-18-12-26-13-20(27-18)16-7-6-8-17(11-16)24(30)31/h6-13,28H,5,14H2,1-4H3,(H,30,31). The van der Waals surface area contributed by atoms with Gasteiger partial charge in [-0.15, -0.1) is 0 Å². The molecule has 0 spiro atoms. The van der Waals surface area contributed by atoms with Gasteiger partial charge in [0, 0.05) is 16.5 Å². The summed E-state index contributed by atoms with van der Waals surface area (Å²) in [6, 6.07) is 9.71. The highest BCUT2D eigenvalue weighted by molar-refractivity contribution is 6.02. The van der Waals surface area contributed by atoms with Crippen molar-refractivity contribution in [2.75, 3.05) is 0 Å². The van der Waals surface area contributed by atoms with E-state index in [0.29, 0.717) is 34.7 Å². The van der Waals surface area contributed by atoms with Gasteiger partial charge in [-0.2, -0.15) is 0 Å². The summed E-state index contributed by atoms with van der Waals surface area (Å²) in [7, 11) is 0. The van der Waals surface area contributed by atoms with Gasteiger partial charge in [0.1, 0.15) is 18.1 Å². The van der Waals surface area contributed by atoms with E-state index in [1.54, 1.807) is 43.6 Å². The normalized spacial score (nSPS) is 11.2. The number of benzene rings is 2. The molecule has 0 atom stereocenters. The van der Waals surface area contributed by atoms with Crippen LogP contribution in [0.2, 0.25) is 0 Å². The van der Waals surface area contributed by atoms with E-state index in [4.69, 9.17) is 4.74 Å². The van der Waals surface area contributed by atoms with Crippen molar-refractivity contribution in [3.8, 4) is 22.8 Å². The number of phenolic OH excluding ortho intramolecular Hbond substituents is 1. The van der Waals surface area contributed by atoms with Gasteiger partial charge in [-0.25, -0.2) is 9.78 Å². The first-order chi connectivity index (χ1) is 15.1. The van der Waals surface area contributed by atoms with Gasteiger partial charge in [0.05, 0.1) is 34.9 Å². The summed E-state index contributed by atoms with van der Waals surface area (Å²) < 4.78 is 5.84. The van der Waals surface area contributed by atoms with Gasteiger partial charge in [0.15, 0.2) is 5.78 Å². The first kappa shape index (κ1) is 22.9. The van der Waals surface area contributed by atoms with E-state index in [1.807, 2.05) is 20.8 Å². The smallest absolute Gasteiger partial charge is 0.335 e. The molecule has 2 N–H and O–H groups in total. The first-order valence-electron chi connectivity index (χ1n) is 10.3. The molecule has 0 fully saturated rings. The molecule has 7 nitrogen and oxygen atoms in total. The molecule has 3 aromatic rings. The van der Waals surface area contributed by atoms with Crippen LogP contribution < -0.4 is 4.74 Å². The molecule has 166 valence electrons. The topological polar surface area (TPSA) is 110 Å². The molecule has 7 heteroatoms. The Labute approximate surface area is 186 Å². The third-order valence-corrected chi connectivity index (χ3v) is 5.59. The van der Waals surface area contributed by atoms with E-state index in [2.05, 4.69) is 9.97 Å². The van der Waals surface area contributed by atoms with Crippen molar-refractivity contribution in [3.05, 3.63) is 71.2 Å². The van der Waals surface area contributed by atoms with Crippen molar-refractivity contribution in [3.63, 3.8) is 0 Å². The zero-order valence-corrected chi connectivity index (χ0v) is 18.5. The molecule has 0 aliphatic rings. The summed E-state index contributed by atoms with van der Waals surface area (Å²) in [5, 5.41) is 19.8. The van der Waals surface area contributed by atoms with Gasteiger partial charge in [0.25, 0.3) is 0 Å². The predicted octanol–water partition coefficient (Wildman–Crippen LogP) is 5.05. The van der Waals surface area contributed by atoms with Crippen molar-refractivity contribution in [2.45, 2.75) is 40.7 Å². The number of carboxylic acid groups (broad SMARTS) is 1. The molecule has 32 heavy (non-hydrogen) atoms. The molecule has 3 rings (SSSR count). The van der Waals surface area contributed by atoms with Gasteiger partial charge < -0.3 is 14.9 Å². The number of phenols is 1. The highest BCUT2D eigenvalue weighted by Crippen LogP contribution is 2.35. The zero-order valence-electron chi connectivity index (χ0n) is 18.5. The maximum absolute atomic E-state index is 12.7. The molecule has 0 aliphatic carbocycles. The predicted molar refractivity (Wildman–Crippen MR) is 120 cm³/mol. The van der Waals surface area contributed by atoms with Gasteiger partial charge in [-0.3, -0.25) is 9.78 Å². The molecule has 0 bridgehead atoms. The molecular formula is C25H26N2O5. The lowest BCUT2D eigenvalue weighted by molar-refractivity contribution is 0.0696. The number of hydrogen-bond donors (Lipinski definition) is 2. The van der Waals surface area contributed by atoms with Crippen molar-refractivity contribution in [1.82, 2.24) is 9.97 Å². The number of carbonyl (C=O) groups is 2. The van der Waals surface area contributed by atoms with Crippen LogP contribution in [0.3, 0.4) is 0 Å². The summed E-state index contributed by atoms with van der Waals surface area (Å²) in [6.45, 7) is 7.43. The summed E-state index contributed by atoms with van der Waals surface area (Å²) in [4.78, 5) is 32.6. The van der Waals surface area contributed by atoms with Crippen molar-refractivity contribution >= 4 is 11.8 Å². The van der Waals surface area contributed by atoms with Crippen LogP contribution >= 0.6 is 0 Å². The Morgan fingerprint density at radius 3 is 2.56 bits per heavy atom. The molecule has 0 aliphatic heterocycles. The van der Waals surface area contributed by atoms with Crippen LogP contribution in [0.25, 0.3) is 11.3 Å². The molecule has 0 saturated heterocycles. The molecule has 0 radical (unpaired) electrons. The highest BCUT2D eigenvalue weighted by atomic mass is 16.5. The quantitative estimate of drug-likeness (QED) is 0.477. The SMILES string of the molecule is CCC(C)(C)C(=O)c1ccc(OCc2cncc(-c3cccc(C(=O)O)c3)n2)c(C)c1O. The number of ketones is 1. The van der Waals surface area contributed by atoms with Gasteiger partial charge in [-0.1, -0.05) is 32.9 Å². The maximum Gasteiger partial charge on any atom is 0.335 e. The number of ether oxygens (including phenoxy) is 1. The molecule has 0 unspecified atom stereocenters. The number of aromatic carboxylic acids is 1. The average Bonchev–Trinajstić information content (AvgIpc) is 2.80. The number of aromatic hydroxyl groups is 1. The Hall–Kier alpha value is -3.74. The lowest BCUT2D eigenvalue weighted by Gasteiger charge is -2.22. The number of Topliss-reactive ketones (excluding diaryl/α,β-unsaturated/α-hetero) is 1. The second-order valence-corrected chi connectivity index (χ2v) is 8.22. The molecular weight excluding hydrogens is 408 g/mol. The first-order valence-corrected chi connectivity index (χ1v) is 10.3. The number of nitrogens with zero attached hydrogens (tertiary/aromatic N) is 2. The van der Waals surface area contributed by atoms with Crippen molar-refractivity contribution < 1.29 is 24.5 Å². The number of hydrogen-bond acceptors (Lipinski definition) is 6. The summed E-state index contributed by atoms with van der Waals surface area (Å²) in [5.74, 6) is -0.777. The molecule has 1 aromatic heterocycles. The molecule has 0 amide bonds. The largest absolute Gasteiger partial charge is 0.507 e. The third-order valence-electron chi connectivity index (χ3n) is 5.59. The van der Waals surface area contributed by atoms with Crippen LogP contribution in [0.1, 0.15) is 59.2 Å². The minimum atomic E-state index is -1.01. The monoisotopic (exact) mass is 434 g/mol. The minimum Gasteiger partial charge on any atom is -0.507 e. The molecule has 2 aromatic carbocycles. The third kappa shape index (κ3) is 4.77. The fourth-order valence-corrected chi connectivity index (χ4v) is 3.12. The summed E-state index contributed by atoms with van der Waals surface area (Å²) in [6.07, 6.45) is 3.77. The van der Waals surface area contributed by atoms with Crippen LogP contribution in [-0.4, -0.2) is 31.9 Å². The van der Waals surface area contributed by atoms with E-state index >= 15 is 0 Å². The van der Waals surface area contributed by atoms with Gasteiger partial charge in [0.2, 0.25) is 0 Å². The van der Waals surface area contributed by atoms with Gasteiger partial charge >= 0.3 is 5.97 Å². The van der Waals surface area contributed by atoms with E-state index in [-0.39, 0.29) is 29.3 Å². The fourth-order valence-electron chi connectivity index (χ4n) is 3.12. The maximum atomic E-state index is 12.7. The van der Waals surface area contributed by atoms with Gasteiger partial charge in [-0.05, 0) is 37.6 Å². The van der Waals surface area contributed by atoms with Crippen LogP contribution in [0.15, 0.2) is 48.8 Å². The molecule has 0 saturated carbocycles. The fraction of sp³-hybridized carbons (Fsp3) is 0.280. The van der Waals surface area contributed by atoms with Crippen LogP contribution in [0.4, 0.5) is 0 Å². The van der Waals surface area contributed by atoms with Crippen molar-refractivity contribution in [1.29, 1.82) is 0 Å². The lowest BCUT2D eigenvalue weighted by Crippen LogP contribution is -2.23. The Kier molecular flexibility index (Phi) is 6.58. The van der Waals surface area contributed by atoms with Crippen LogP contribution in [0, 0.1) is 12.3 Å². The number of carbonyl (C=O) groups excluding carboxylic acids is 1. The second-order valence-electron chi connectivity index (χ2n) is 8.22. The van der Waals surface area contributed by atoms with E-state index in [0.717, 1.165) is 0 Å². The Morgan fingerprint density at radius 2 is 1.88 bits per heavy atom. The van der Waals surface area contributed by atoms with E-state index < -0.39 is 11.4 Å². The zero-order chi connectivity index (χ0) is 23.5. The summed E-state index contributed by atoms with van der Waals surface area (Å²) >= 11 is 0. The molecule has 1 heterocycles. The Bertz CT molecular complexity index is 1170.